The number of anilines is 1. The van der Waals surface area contributed by atoms with Gasteiger partial charge in [-0.25, -0.2) is 0 Å². The highest BCUT2D eigenvalue weighted by molar-refractivity contribution is 5.99. The van der Waals surface area contributed by atoms with Gasteiger partial charge in [0.25, 0.3) is 0 Å². The van der Waals surface area contributed by atoms with Crippen molar-refractivity contribution in [2.45, 2.75) is 38.5 Å². The predicted octanol–water partition coefficient (Wildman–Crippen LogP) is 1.36. The predicted molar refractivity (Wildman–Crippen MR) is 83.0 cm³/mol. The first-order valence-corrected chi connectivity index (χ1v) is 7.57. The number of fused-ring (bicyclic) bond motifs is 1. The molecule has 2 rings (SSSR count). The van der Waals surface area contributed by atoms with Crippen molar-refractivity contribution in [3.8, 4) is 0 Å². The number of hydrogen-bond donors (Lipinski definition) is 3. The molecule has 0 aromatic heterocycles. The second-order valence-corrected chi connectivity index (χ2v) is 5.42. The molecule has 1 aliphatic heterocycles. The minimum atomic E-state index is 0.0546. The third-order valence-electron chi connectivity index (χ3n) is 3.62. The Morgan fingerprint density at radius 2 is 2.14 bits per heavy atom. The van der Waals surface area contributed by atoms with E-state index in [9.17, 15) is 9.59 Å². The average molecular weight is 289 g/mol. The number of benzene rings is 1. The minimum Gasteiger partial charge on any atom is -0.356 e. The standard InChI is InChI=1S/C16H23N3O2/c17-8-1-2-9-18-15(20)5-3-4-12-6-7-14-13(10-12)11-16(21)19-14/h6-7,10H,1-5,8-9,11,17H2,(H,18,20)(H,19,21). The number of nitrogens with one attached hydrogen (secondary N) is 2. The lowest BCUT2D eigenvalue weighted by Gasteiger charge is -2.06. The third-order valence-corrected chi connectivity index (χ3v) is 3.62. The lowest BCUT2D eigenvalue weighted by Crippen LogP contribution is -2.24. The highest BCUT2D eigenvalue weighted by Crippen LogP contribution is 2.24. The first-order chi connectivity index (χ1) is 10.2. The van der Waals surface area contributed by atoms with Gasteiger partial charge < -0.3 is 16.4 Å². The van der Waals surface area contributed by atoms with E-state index in [2.05, 4.69) is 16.7 Å². The molecule has 0 fully saturated rings. The number of nitrogens with two attached hydrogens (primary N) is 1. The van der Waals surface area contributed by atoms with E-state index in [0.29, 0.717) is 25.9 Å². The zero-order valence-corrected chi connectivity index (χ0v) is 12.3. The molecule has 1 aromatic carbocycles. The van der Waals surface area contributed by atoms with Gasteiger partial charge in [-0.2, -0.15) is 0 Å². The van der Waals surface area contributed by atoms with Crippen molar-refractivity contribution in [3.63, 3.8) is 0 Å². The van der Waals surface area contributed by atoms with Crippen molar-refractivity contribution < 1.29 is 9.59 Å². The molecule has 0 bridgehead atoms. The van der Waals surface area contributed by atoms with E-state index >= 15 is 0 Å². The van der Waals surface area contributed by atoms with Gasteiger partial charge in [0.2, 0.25) is 11.8 Å². The van der Waals surface area contributed by atoms with Crippen LogP contribution in [-0.4, -0.2) is 24.9 Å². The Hall–Kier alpha value is -1.88. The number of aryl methyl sites for hydroxylation is 1. The zero-order valence-electron chi connectivity index (χ0n) is 12.3. The van der Waals surface area contributed by atoms with Crippen molar-refractivity contribution in [3.05, 3.63) is 29.3 Å². The Morgan fingerprint density at radius 1 is 1.29 bits per heavy atom. The molecule has 0 saturated heterocycles. The summed E-state index contributed by atoms with van der Waals surface area (Å²) in [5.74, 6) is 0.157. The molecule has 0 atom stereocenters. The molecular weight excluding hydrogens is 266 g/mol. The Bertz CT molecular complexity index is 514. The molecular formula is C16H23N3O2. The summed E-state index contributed by atoms with van der Waals surface area (Å²) in [6.07, 6.45) is 4.57. The molecule has 114 valence electrons. The molecule has 1 aliphatic rings. The average Bonchev–Trinajstić information content (AvgIpc) is 2.83. The Kier molecular flexibility index (Phi) is 5.75. The van der Waals surface area contributed by atoms with E-state index in [0.717, 1.165) is 36.9 Å². The summed E-state index contributed by atoms with van der Waals surface area (Å²) in [5.41, 5.74) is 8.56. The maximum absolute atomic E-state index is 11.6. The molecule has 0 spiro atoms. The van der Waals surface area contributed by atoms with Gasteiger partial charge in [-0.1, -0.05) is 12.1 Å². The van der Waals surface area contributed by atoms with Gasteiger partial charge in [-0.15, -0.1) is 0 Å². The molecule has 5 heteroatoms. The van der Waals surface area contributed by atoms with Gasteiger partial charge in [0, 0.05) is 18.7 Å². The smallest absolute Gasteiger partial charge is 0.228 e. The summed E-state index contributed by atoms with van der Waals surface area (Å²) in [6, 6.07) is 6.03. The molecule has 5 nitrogen and oxygen atoms in total. The lowest BCUT2D eigenvalue weighted by molar-refractivity contribution is -0.121. The van der Waals surface area contributed by atoms with Crippen molar-refractivity contribution in [2.75, 3.05) is 18.4 Å². The van der Waals surface area contributed by atoms with Gasteiger partial charge in [-0.3, -0.25) is 9.59 Å². The maximum atomic E-state index is 11.6. The largest absolute Gasteiger partial charge is 0.356 e. The molecule has 0 radical (unpaired) electrons. The van der Waals surface area contributed by atoms with Crippen LogP contribution in [0.5, 0.6) is 0 Å². The summed E-state index contributed by atoms with van der Waals surface area (Å²) in [6.45, 7) is 1.38. The summed E-state index contributed by atoms with van der Waals surface area (Å²) in [7, 11) is 0. The van der Waals surface area contributed by atoms with Crippen LogP contribution in [0.25, 0.3) is 0 Å². The van der Waals surface area contributed by atoms with Gasteiger partial charge >= 0.3 is 0 Å². The van der Waals surface area contributed by atoms with Crippen molar-refractivity contribution in [1.82, 2.24) is 5.32 Å². The van der Waals surface area contributed by atoms with Crippen LogP contribution in [-0.2, 0) is 22.4 Å². The molecule has 21 heavy (non-hydrogen) atoms. The van der Waals surface area contributed by atoms with Crippen LogP contribution in [0.15, 0.2) is 18.2 Å². The van der Waals surface area contributed by atoms with Crippen LogP contribution in [0.3, 0.4) is 0 Å². The van der Waals surface area contributed by atoms with Gasteiger partial charge in [-0.05, 0) is 49.4 Å². The number of rotatable bonds is 8. The van der Waals surface area contributed by atoms with E-state index in [1.807, 2.05) is 12.1 Å². The van der Waals surface area contributed by atoms with Gasteiger partial charge in [0.1, 0.15) is 0 Å². The van der Waals surface area contributed by atoms with Crippen LogP contribution in [0, 0.1) is 0 Å². The number of amides is 2. The summed E-state index contributed by atoms with van der Waals surface area (Å²) in [4.78, 5) is 22.9. The first-order valence-electron chi connectivity index (χ1n) is 7.57. The molecule has 0 unspecified atom stereocenters. The van der Waals surface area contributed by atoms with E-state index in [-0.39, 0.29) is 11.8 Å². The first kappa shape index (κ1) is 15.5. The summed E-state index contributed by atoms with van der Waals surface area (Å²) < 4.78 is 0. The monoisotopic (exact) mass is 289 g/mol. The number of carbonyl (C=O) groups is 2. The van der Waals surface area contributed by atoms with E-state index in [1.165, 1.54) is 5.56 Å². The minimum absolute atomic E-state index is 0.0546. The topological polar surface area (TPSA) is 84.2 Å². The van der Waals surface area contributed by atoms with Crippen LogP contribution in [0.1, 0.15) is 36.8 Å². The SMILES string of the molecule is NCCCCNC(=O)CCCc1ccc2c(c1)CC(=O)N2. The zero-order chi connectivity index (χ0) is 15.1. The van der Waals surface area contributed by atoms with E-state index < -0.39 is 0 Å². The summed E-state index contributed by atoms with van der Waals surface area (Å²) in [5, 5.41) is 5.72. The van der Waals surface area contributed by atoms with Crippen LogP contribution < -0.4 is 16.4 Å². The van der Waals surface area contributed by atoms with Crippen molar-refractivity contribution >= 4 is 17.5 Å². The van der Waals surface area contributed by atoms with Crippen LogP contribution in [0.2, 0.25) is 0 Å². The second-order valence-electron chi connectivity index (χ2n) is 5.42. The molecule has 0 saturated carbocycles. The molecule has 4 N–H and O–H groups in total. The maximum Gasteiger partial charge on any atom is 0.228 e. The van der Waals surface area contributed by atoms with E-state index in [1.54, 1.807) is 0 Å². The fourth-order valence-corrected chi connectivity index (χ4v) is 2.48. The van der Waals surface area contributed by atoms with Crippen molar-refractivity contribution in [2.24, 2.45) is 5.73 Å². The Balaban J connectivity index is 1.68. The van der Waals surface area contributed by atoms with Crippen molar-refractivity contribution in [1.29, 1.82) is 0 Å². The quantitative estimate of drug-likeness (QED) is 0.632. The van der Waals surface area contributed by atoms with E-state index in [4.69, 9.17) is 5.73 Å². The lowest BCUT2D eigenvalue weighted by atomic mass is 10.0. The number of carbonyl (C=O) groups excluding carboxylic acids is 2. The van der Waals surface area contributed by atoms with Crippen LogP contribution in [0.4, 0.5) is 5.69 Å². The molecule has 1 heterocycles. The van der Waals surface area contributed by atoms with Crippen LogP contribution >= 0.6 is 0 Å². The van der Waals surface area contributed by atoms with Gasteiger partial charge in [0.05, 0.1) is 6.42 Å². The second kappa shape index (κ2) is 7.78. The fraction of sp³-hybridized carbons (Fsp3) is 0.500. The highest BCUT2D eigenvalue weighted by atomic mass is 16.2. The Morgan fingerprint density at radius 3 is 2.95 bits per heavy atom. The Labute approximate surface area is 125 Å². The number of unbranched alkanes of at least 4 members (excludes halogenated alkanes) is 1. The normalized spacial score (nSPS) is 12.9. The molecule has 1 aromatic rings. The third kappa shape index (κ3) is 4.86. The highest BCUT2D eigenvalue weighted by Gasteiger charge is 2.17. The van der Waals surface area contributed by atoms with Gasteiger partial charge in [0.15, 0.2) is 0 Å². The number of hydrogen-bond acceptors (Lipinski definition) is 3. The molecule has 2 amide bonds. The summed E-state index contributed by atoms with van der Waals surface area (Å²) >= 11 is 0. The molecule has 0 aliphatic carbocycles. The fourth-order valence-electron chi connectivity index (χ4n) is 2.48.